The molecular formula is C26H45N3O4. The molecular weight excluding hydrogens is 418 g/mol. The van der Waals surface area contributed by atoms with Gasteiger partial charge in [-0.1, -0.05) is 38.5 Å². The summed E-state index contributed by atoms with van der Waals surface area (Å²) in [6.07, 6.45) is 12.3. The molecule has 0 bridgehead atoms. The summed E-state index contributed by atoms with van der Waals surface area (Å²) < 4.78 is 5.60. The molecule has 0 spiro atoms. The molecule has 1 heterocycles. The maximum absolute atomic E-state index is 13.0. The summed E-state index contributed by atoms with van der Waals surface area (Å²) in [5.41, 5.74) is -0.797. The number of amidine groups is 1. The van der Waals surface area contributed by atoms with E-state index in [0.29, 0.717) is 18.9 Å². The first-order chi connectivity index (χ1) is 15.5. The molecule has 3 fully saturated rings. The normalized spacial score (nSPS) is 25.5. The van der Waals surface area contributed by atoms with Crippen molar-refractivity contribution in [2.45, 2.75) is 148 Å². The number of ether oxygens (including phenoxy) is 1. The van der Waals surface area contributed by atoms with E-state index in [1.165, 1.54) is 32.6 Å². The van der Waals surface area contributed by atoms with Crippen LogP contribution in [0, 0.1) is 0 Å². The van der Waals surface area contributed by atoms with Crippen LogP contribution in [0.5, 0.6) is 0 Å². The van der Waals surface area contributed by atoms with Crippen LogP contribution in [0.3, 0.4) is 0 Å². The Morgan fingerprint density at radius 2 is 1.36 bits per heavy atom. The van der Waals surface area contributed by atoms with E-state index in [4.69, 9.17) is 14.6 Å². The van der Waals surface area contributed by atoms with Crippen LogP contribution < -0.4 is 0 Å². The average molecular weight is 464 g/mol. The minimum absolute atomic E-state index is 0.00173. The molecule has 1 saturated heterocycles. The van der Waals surface area contributed by atoms with Gasteiger partial charge in [-0.25, -0.2) is 4.99 Å². The highest BCUT2D eigenvalue weighted by Gasteiger charge is 2.50. The lowest BCUT2D eigenvalue weighted by Crippen LogP contribution is -2.64. The summed E-state index contributed by atoms with van der Waals surface area (Å²) in [7, 11) is 0. The number of amides is 1. The van der Waals surface area contributed by atoms with E-state index in [0.717, 1.165) is 38.5 Å². The van der Waals surface area contributed by atoms with Crippen LogP contribution in [0.4, 0.5) is 0 Å². The SMILES string of the molecule is CC(=O)OC1CC(C)(C)N(O/C(=N/C2CCCCC2)N(C(C)=O)C2CCCCC2)C(C)(C)C1. The van der Waals surface area contributed by atoms with Gasteiger partial charge in [0.05, 0.1) is 17.1 Å². The maximum Gasteiger partial charge on any atom is 0.315 e. The van der Waals surface area contributed by atoms with Crippen LogP contribution in [-0.4, -0.2) is 57.1 Å². The Hall–Kier alpha value is -1.63. The second-order valence-corrected chi connectivity index (χ2v) is 11.5. The Labute approximate surface area is 200 Å². The number of nitrogens with zero attached hydrogens (tertiary/aromatic N) is 3. The molecule has 188 valence electrons. The molecule has 0 aromatic rings. The number of hydroxylamine groups is 2. The van der Waals surface area contributed by atoms with Crippen molar-refractivity contribution in [3.05, 3.63) is 0 Å². The second-order valence-electron chi connectivity index (χ2n) is 11.5. The predicted octanol–water partition coefficient (Wildman–Crippen LogP) is 5.37. The zero-order valence-corrected chi connectivity index (χ0v) is 21.7. The van der Waals surface area contributed by atoms with Crippen molar-refractivity contribution in [1.29, 1.82) is 0 Å². The molecule has 2 saturated carbocycles. The molecule has 1 aliphatic heterocycles. The summed E-state index contributed by atoms with van der Waals surface area (Å²) >= 11 is 0. The lowest BCUT2D eigenvalue weighted by Gasteiger charge is -2.53. The minimum atomic E-state index is -0.399. The number of aliphatic imine (C=N–C) groups is 1. The Morgan fingerprint density at radius 3 is 1.85 bits per heavy atom. The van der Waals surface area contributed by atoms with Gasteiger partial charge in [0, 0.05) is 32.7 Å². The number of rotatable bonds is 4. The molecule has 3 rings (SSSR count). The zero-order chi connectivity index (χ0) is 24.2. The van der Waals surface area contributed by atoms with Crippen LogP contribution >= 0.6 is 0 Å². The number of piperidine rings is 1. The van der Waals surface area contributed by atoms with E-state index in [9.17, 15) is 9.59 Å². The highest BCUT2D eigenvalue weighted by molar-refractivity contribution is 5.93. The van der Waals surface area contributed by atoms with Crippen LogP contribution in [-0.2, 0) is 19.2 Å². The standard InChI is InChI=1S/C26H45N3O4/c1-19(30)28(22-15-11-8-12-16-22)24(27-21-13-9-7-10-14-21)33-29-25(3,4)17-23(32-20(2)31)18-26(29,5)6/h21-23H,7-18H2,1-6H3/b27-24+. The summed E-state index contributed by atoms with van der Waals surface area (Å²) in [5, 5.41) is 2.01. The first-order valence-corrected chi connectivity index (χ1v) is 13.0. The van der Waals surface area contributed by atoms with E-state index >= 15 is 0 Å². The molecule has 1 amide bonds. The Balaban J connectivity index is 1.92. The second kappa shape index (κ2) is 10.7. The molecule has 2 aliphatic carbocycles. The summed E-state index contributed by atoms with van der Waals surface area (Å²) in [4.78, 5) is 38.2. The summed E-state index contributed by atoms with van der Waals surface area (Å²) in [6, 6.07) is 0.806. The van der Waals surface area contributed by atoms with E-state index in [-0.39, 0.29) is 30.1 Å². The molecule has 0 atom stereocenters. The molecule has 0 N–H and O–H groups in total. The molecule has 0 aromatic heterocycles. The first kappa shape index (κ1) is 26.0. The van der Waals surface area contributed by atoms with Gasteiger partial charge in [0.1, 0.15) is 6.10 Å². The van der Waals surface area contributed by atoms with Crippen LogP contribution in [0.2, 0.25) is 0 Å². The lowest BCUT2D eigenvalue weighted by molar-refractivity contribution is -0.252. The largest absolute Gasteiger partial charge is 0.462 e. The van der Waals surface area contributed by atoms with Crippen LogP contribution in [0.25, 0.3) is 0 Å². The highest BCUT2D eigenvalue weighted by Crippen LogP contribution is 2.40. The van der Waals surface area contributed by atoms with Crippen LogP contribution in [0.1, 0.15) is 119 Å². The Bertz CT molecular complexity index is 703. The number of esters is 1. The highest BCUT2D eigenvalue weighted by atomic mass is 16.7. The Kier molecular flexibility index (Phi) is 8.46. The number of carbonyl (C=O) groups is 2. The van der Waals surface area contributed by atoms with E-state index < -0.39 is 11.1 Å². The molecule has 0 aromatic carbocycles. The third kappa shape index (κ3) is 6.71. The monoisotopic (exact) mass is 463 g/mol. The van der Waals surface area contributed by atoms with Gasteiger partial charge >= 0.3 is 12.0 Å². The smallest absolute Gasteiger partial charge is 0.315 e. The molecule has 0 unspecified atom stereocenters. The number of carbonyl (C=O) groups excluding carboxylic acids is 2. The van der Waals surface area contributed by atoms with Gasteiger partial charge in [-0.05, 0) is 53.4 Å². The van der Waals surface area contributed by atoms with Gasteiger partial charge in [0.15, 0.2) is 0 Å². The minimum Gasteiger partial charge on any atom is -0.462 e. The average Bonchev–Trinajstić information content (AvgIpc) is 2.71. The van der Waals surface area contributed by atoms with Gasteiger partial charge in [0.25, 0.3) is 0 Å². The van der Waals surface area contributed by atoms with Gasteiger partial charge in [0.2, 0.25) is 5.91 Å². The Morgan fingerprint density at radius 1 is 0.848 bits per heavy atom. The quantitative estimate of drug-likeness (QED) is 0.318. The van der Waals surface area contributed by atoms with Crippen molar-refractivity contribution in [1.82, 2.24) is 9.96 Å². The van der Waals surface area contributed by atoms with Crippen molar-refractivity contribution >= 4 is 17.9 Å². The van der Waals surface area contributed by atoms with Crippen molar-refractivity contribution in [3.8, 4) is 0 Å². The van der Waals surface area contributed by atoms with E-state index in [1.807, 2.05) is 9.96 Å². The van der Waals surface area contributed by atoms with Crippen molar-refractivity contribution in [2.24, 2.45) is 4.99 Å². The fourth-order valence-corrected chi connectivity index (χ4v) is 6.20. The van der Waals surface area contributed by atoms with Gasteiger partial charge in [-0.2, -0.15) is 0 Å². The fourth-order valence-electron chi connectivity index (χ4n) is 6.20. The zero-order valence-electron chi connectivity index (χ0n) is 21.7. The topological polar surface area (TPSA) is 71.4 Å². The predicted molar refractivity (Wildman–Crippen MR) is 130 cm³/mol. The number of hydrogen-bond acceptors (Lipinski definition) is 6. The van der Waals surface area contributed by atoms with Crippen molar-refractivity contribution in [3.63, 3.8) is 0 Å². The molecule has 7 nitrogen and oxygen atoms in total. The fraction of sp³-hybridized carbons (Fsp3) is 0.885. The third-order valence-corrected chi connectivity index (χ3v) is 7.41. The summed E-state index contributed by atoms with van der Waals surface area (Å²) in [6.45, 7) is 11.6. The maximum atomic E-state index is 13.0. The van der Waals surface area contributed by atoms with Gasteiger partial charge in [-0.3, -0.25) is 14.5 Å². The van der Waals surface area contributed by atoms with E-state index in [2.05, 4.69) is 27.7 Å². The lowest BCUT2D eigenvalue weighted by atomic mass is 9.80. The summed E-state index contributed by atoms with van der Waals surface area (Å²) in [5.74, 6) is -0.248. The van der Waals surface area contributed by atoms with Gasteiger partial charge < -0.3 is 9.57 Å². The van der Waals surface area contributed by atoms with Crippen LogP contribution in [0.15, 0.2) is 4.99 Å². The van der Waals surface area contributed by atoms with Crippen molar-refractivity contribution in [2.75, 3.05) is 0 Å². The third-order valence-electron chi connectivity index (χ3n) is 7.41. The van der Waals surface area contributed by atoms with E-state index in [1.54, 1.807) is 6.92 Å². The molecule has 3 aliphatic rings. The van der Waals surface area contributed by atoms with Crippen molar-refractivity contribution < 1.29 is 19.2 Å². The molecule has 0 radical (unpaired) electrons. The first-order valence-electron chi connectivity index (χ1n) is 13.0. The van der Waals surface area contributed by atoms with Gasteiger partial charge in [-0.15, -0.1) is 5.06 Å². The number of hydrogen-bond donors (Lipinski definition) is 0. The molecule has 7 heteroatoms. The molecule has 33 heavy (non-hydrogen) atoms.